The molecule has 0 saturated heterocycles. The minimum absolute atomic E-state index is 0.916. The molecule has 0 fully saturated rings. The summed E-state index contributed by atoms with van der Waals surface area (Å²) < 4.78 is 6.30. The molecule has 0 saturated carbocycles. The van der Waals surface area contributed by atoms with Crippen molar-refractivity contribution >= 4 is 16.7 Å². The smallest absolute Gasteiger partial charge is 0.143 e. The third kappa shape index (κ3) is 2.46. The van der Waals surface area contributed by atoms with Crippen LogP contribution in [0.1, 0.15) is 0 Å². The molecular formula is C22H19NO. The van der Waals surface area contributed by atoms with Gasteiger partial charge in [0.05, 0.1) is 0 Å². The first-order valence-electron chi connectivity index (χ1n) is 8.09. The second-order valence-corrected chi connectivity index (χ2v) is 6.11. The second-order valence-electron chi connectivity index (χ2n) is 6.11. The van der Waals surface area contributed by atoms with E-state index in [9.17, 15) is 0 Å². The highest BCUT2D eigenvalue weighted by molar-refractivity contribution is 6.02. The van der Waals surface area contributed by atoms with E-state index in [0.717, 1.165) is 33.5 Å². The minimum atomic E-state index is 0.916. The summed E-state index contributed by atoms with van der Waals surface area (Å²) in [6.07, 6.45) is 0. The van der Waals surface area contributed by atoms with E-state index >= 15 is 0 Å². The molecule has 0 atom stereocenters. The highest BCUT2D eigenvalue weighted by atomic mass is 16.3. The van der Waals surface area contributed by atoms with Crippen LogP contribution in [0.25, 0.3) is 33.4 Å². The molecule has 1 heterocycles. The summed E-state index contributed by atoms with van der Waals surface area (Å²) in [6.45, 7) is 0. The Morgan fingerprint density at radius 3 is 1.96 bits per heavy atom. The van der Waals surface area contributed by atoms with Crippen LogP contribution in [-0.2, 0) is 0 Å². The molecule has 3 aromatic carbocycles. The lowest BCUT2D eigenvalue weighted by Crippen LogP contribution is -2.07. The van der Waals surface area contributed by atoms with Crippen LogP contribution in [0.5, 0.6) is 0 Å². The zero-order valence-electron chi connectivity index (χ0n) is 13.9. The topological polar surface area (TPSA) is 16.4 Å². The van der Waals surface area contributed by atoms with E-state index in [0.29, 0.717) is 0 Å². The first-order chi connectivity index (χ1) is 11.7. The summed E-state index contributed by atoms with van der Waals surface area (Å²) in [6, 6.07) is 27.1. The van der Waals surface area contributed by atoms with Crippen molar-refractivity contribution in [2.45, 2.75) is 0 Å². The Hall–Kier alpha value is -3.00. The predicted octanol–water partition coefficient (Wildman–Crippen LogP) is 5.83. The van der Waals surface area contributed by atoms with Crippen molar-refractivity contribution in [1.82, 2.24) is 0 Å². The summed E-state index contributed by atoms with van der Waals surface area (Å²) in [5, 5.41) is 1.14. The van der Waals surface area contributed by atoms with Gasteiger partial charge < -0.3 is 9.32 Å². The van der Waals surface area contributed by atoms with Crippen LogP contribution in [0.3, 0.4) is 0 Å². The summed E-state index contributed by atoms with van der Waals surface area (Å²) in [5.41, 5.74) is 5.48. The summed E-state index contributed by atoms with van der Waals surface area (Å²) in [4.78, 5) is 2.09. The van der Waals surface area contributed by atoms with Crippen molar-refractivity contribution < 1.29 is 4.42 Å². The van der Waals surface area contributed by atoms with E-state index in [1.807, 2.05) is 38.4 Å². The first-order valence-corrected chi connectivity index (χ1v) is 8.09. The molecule has 2 heteroatoms. The number of benzene rings is 3. The van der Waals surface area contributed by atoms with Gasteiger partial charge in [0.15, 0.2) is 0 Å². The fourth-order valence-electron chi connectivity index (χ4n) is 3.05. The fourth-order valence-corrected chi connectivity index (χ4v) is 3.05. The van der Waals surface area contributed by atoms with Crippen molar-refractivity contribution in [2.24, 2.45) is 0 Å². The summed E-state index contributed by atoms with van der Waals surface area (Å²) in [5.74, 6) is 0.924. The van der Waals surface area contributed by atoms with Gasteiger partial charge in [-0.2, -0.15) is 0 Å². The Balaban J connectivity index is 2.03. The number of fused-ring (bicyclic) bond motifs is 1. The van der Waals surface area contributed by atoms with Gasteiger partial charge in [0.1, 0.15) is 11.3 Å². The third-order valence-electron chi connectivity index (χ3n) is 4.29. The van der Waals surface area contributed by atoms with Crippen LogP contribution in [-0.4, -0.2) is 14.1 Å². The van der Waals surface area contributed by atoms with E-state index in [4.69, 9.17) is 4.42 Å². The lowest BCUT2D eigenvalue weighted by Gasteiger charge is -2.11. The summed E-state index contributed by atoms with van der Waals surface area (Å²) >= 11 is 0. The molecule has 0 aliphatic rings. The molecule has 0 radical (unpaired) electrons. The van der Waals surface area contributed by atoms with Crippen LogP contribution in [0.2, 0.25) is 0 Å². The molecule has 0 unspecified atom stereocenters. The van der Waals surface area contributed by atoms with Crippen LogP contribution < -0.4 is 4.90 Å². The molecule has 2 nitrogen and oxygen atoms in total. The maximum Gasteiger partial charge on any atom is 0.143 e. The lowest BCUT2D eigenvalue weighted by molar-refractivity contribution is 0.632. The molecule has 4 aromatic rings. The van der Waals surface area contributed by atoms with E-state index < -0.39 is 0 Å². The second kappa shape index (κ2) is 5.89. The van der Waals surface area contributed by atoms with Gasteiger partial charge in [0.2, 0.25) is 0 Å². The first kappa shape index (κ1) is 14.6. The quantitative estimate of drug-likeness (QED) is 0.473. The normalized spacial score (nSPS) is 10.9. The lowest BCUT2D eigenvalue weighted by atomic mass is 9.98. The highest BCUT2D eigenvalue weighted by Gasteiger charge is 2.17. The Kier molecular flexibility index (Phi) is 3.58. The molecule has 4 rings (SSSR count). The van der Waals surface area contributed by atoms with E-state index in [1.165, 1.54) is 5.56 Å². The molecule has 0 aliphatic heterocycles. The highest BCUT2D eigenvalue weighted by Crippen LogP contribution is 2.41. The van der Waals surface area contributed by atoms with Gasteiger partial charge in [-0.15, -0.1) is 0 Å². The maximum absolute atomic E-state index is 6.30. The van der Waals surface area contributed by atoms with Crippen molar-refractivity contribution in [3.63, 3.8) is 0 Å². The number of anilines is 1. The molecule has 0 bridgehead atoms. The fraction of sp³-hybridized carbons (Fsp3) is 0.0909. The molecule has 0 amide bonds. The zero-order chi connectivity index (χ0) is 16.5. The average molecular weight is 313 g/mol. The summed E-state index contributed by atoms with van der Waals surface area (Å²) in [7, 11) is 4.08. The minimum Gasteiger partial charge on any atom is -0.455 e. The number of furan rings is 1. The average Bonchev–Trinajstić information content (AvgIpc) is 3.01. The Morgan fingerprint density at radius 1 is 0.708 bits per heavy atom. The predicted molar refractivity (Wildman–Crippen MR) is 101 cm³/mol. The third-order valence-corrected chi connectivity index (χ3v) is 4.29. The number of hydrogen-bond donors (Lipinski definition) is 0. The van der Waals surface area contributed by atoms with Crippen LogP contribution >= 0.6 is 0 Å². The monoisotopic (exact) mass is 313 g/mol. The Bertz CT molecular complexity index is 969. The van der Waals surface area contributed by atoms with Crippen LogP contribution in [0.4, 0.5) is 5.69 Å². The van der Waals surface area contributed by atoms with Crippen LogP contribution in [0.15, 0.2) is 83.3 Å². The molecule has 0 N–H and O–H groups in total. The van der Waals surface area contributed by atoms with Gasteiger partial charge in [-0.25, -0.2) is 0 Å². The van der Waals surface area contributed by atoms with Crippen molar-refractivity contribution in [1.29, 1.82) is 0 Å². The number of hydrogen-bond acceptors (Lipinski definition) is 2. The number of nitrogens with zero attached hydrogens (tertiary/aromatic N) is 1. The molecule has 0 aliphatic carbocycles. The standard InChI is InChI=1S/C22H19NO/c1-23(2)18-13-14-19-20(15-18)24-22(17-11-7-4-8-12-17)21(19)16-9-5-3-6-10-16/h3-15H,1-2H3. The van der Waals surface area contributed by atoms with Crippen molar-refractivity contribution in [3.8, 4) is 22.5 Å². The molecule has 118 valence electrons. The molecule has 24 heavy (non-hydrogen) atoms. The van der Waals surface area contributed by atoms with Gasteiger partial charge in [0, 0.05) is 42.4 Å². The largest absolute Gasteiger partial charge is 0.455 e. The van der Waals surface area contributed by atoms with E-state index in [2.05, 4.69) is 59.5 Å². The van der Waals surface area contributed by atoms with E-state index in [-0.39, 0.29) is 0 Å². The van der Waals surface area contributed by atoms with Crippen molar-refractivity contribution in [3.05, 3.63) is 78.9 Å². The molecule has 1 aromatic heterocycles. The van der Waals surface area contributed by atoms with Gasteiger partial charge in [0.25, 0.3) is 0 Å². The zero-order valence-corrected chi connectivity index (χ0v) is 13.9. The molecule has 0 spiro atoms. The van der Waals surface area contributed by atoms with Gasteiger partial charge in [-0.05, 0) is 17.7 Å². The SMILES string of the molecule is CN(C)c1ccc2c(-c3ccccc3)c(-c3ccccc3)oc2c1. The number of rotatable bonds is 3. The maximum atomic E-state index is 6.30. The van der Waals surface area contributed by atoms with Gasteiger partial charge in [-0.1, -0.05) is 60.7 Å². The Labute approximate surface area is 142 Å². The van der Waals surface area contributed by atoms with Gasteiger partial charge in [-0.3, -0.25) is 0 Å². The Morgan fingerprint density at radius 2 is 1.33 bits per heavy atom. The molecular weight excluding hydrogens is 294 g/mol. The van der Waals surface area contributed by atoms with Crippen LogP contribution in [0, 0.1) is 0 Å². The van der Waals surface area contributed by atoms with Gasteiger partial charge >= 0.3 is 0 Å². The van der Waals surface area contributed by atoms with Crippen molar-refractivity contribution in [2.75, 3.05) is 19.0 Å². The van der Waals surface area contributed by atoms with E-state index in [1.54, 1.807) is 0 Å².